The number of amides is 2. The summed E-state index contributed by atoms with van der Waals surface area (Å²) >= 11 is 0. The quantitative estimate of drug-likeness (QED) is 0.252. The molecule has 246 valence electrons. The van der Waals surface area contributed by atoms with Crippen LogP contribution in [0.2, 0.25) is 0 Å². The number of nitrogens with two attached hydrogens (primary N) is 1. The van der Waals surface area contributed by atoms with Crippen molar-refractivity contribution in [1.29, 1.82) is 0 Å². The highest BCUT2D eigenvalue weighted by molar-refractivity contribution is 6.04. The molecule has 2 aliphatic carbocycles. The Morgan fingerprint density at radius 2 is 1.49 bits per heavy atom. The number of hydrogen-bond acceptors (Lipinski definition) is 10. The highest BCUT2D eigenvalue weighted by Gasteiger charge is 2.28. The minimum atomic E-state index is -0.519. The van der Waals surface area contributed by atoms with Crippen LogP contribution in [-0.2, 0) is 0 Å². The van der Waals surface area contributed by atoms with Gasteiger partial charge in [0.05, 0.1) is 52.7 Å². The van der Waals surface area contributed by atoms with E-state index in [4.69, 9.17) is 10.5 Å². The molecule has 15 nitrogen and oxygen atoms in total. The van der Waals surface area contributed by atoms with E-state index in [-0.39, 0.29) is 17.6 Å². The van der Waals surface area contributed by atoms with Crippen LogP contribution in [0.4, 0.5) is 5.69 Å². The van der Waals surface area contributed by atoms with E-state index in [2.05, 4.69) is 40.8 Å². The molecule has 15 heteroatoms. The lowest BCUT2D eigenvalue weighted by Gasteiger charge is -2.14. The van der Waals surface area contributed by atoms with E-state index in [9.17, 15) is 9.59 Å². The molecule has 9 rings (SSSR count). The summed E-state index contributed by atoms with van der Waals surface area (Å²) in [5.74, 6) is 1.48. The predicted octanol–water partition coefficient (Wildman–Crippen LogP) is 4.25. The van der Waals surface area contributed by atoms with Gasteiger partial charge in [0.25, 0.3) is 11.8 Å². The van der Waals surface area contributed by atoms with Gasteiger partial charge < -0.3 is 24.9 Å². The zero-order chi connectivity index (χ0) is 33.5. The molecule has 1 aliphatic heterocycles. The summed E-state index contributed by atoms with van der Waals surface area (Å²) in [5.41, 5.74) is 10.9. The van der Waals surface area contributed by atoms with Crippen LogP contribution in [0.1, 0.15) is 82.8 Å². The molecule has 49 heavy (non-hydrogen) atoms. The lowest BCUT2D eigenvalue weighted by Crippen LogP contribution is -2.16. The van der Waals surface area contributed by atoms with Gasteiger partial charge in [0, 0.05) is 36.6 Å². The number of imidazole rings is 2. The number of primary amides is 1. The third-order valence-corrected chi connectivity index (χ3v) is 8.65. The van der Waals surface area contributed by atoms with Crippen LogP contribution in [0.15, 0.2) is 79.9 Å². The Balaban J connectivity index is 0.000000172. The van der Waals surface area contributed by atoms with Crippen molar-refractivity contribution in [2.45, 2.75) is 50.5 Å². The SMILES string of the molecule is C[C@H]1COc2c(NC(=O)c3cc(-n4cnc(C5CC5)c4)ccn3)cccc2-c2nnnn21.NC(=O)c1cc(-n2cnc(C3CC3)c2)ccn1. The van der Waals surface area contributed by atoms with Gasteiger partial charge in [-0.15, -0.1) is 5.10 Å². The maximum absolute atomic E-state index is 13.1. The molecular formula is C34H32N12O3. The number of nitrogens with zero attached hydrogens (tertiary/aromatic N) is 10. The number of hydrogen-bond donors (Lipinski definition) is 2. The maximum atomic E-state index is 13.1. The topological polar surface area (TPSA) is 186 Å². The summed E-state index contributed by atoms with van der Waals surface area (Å²) in [6.07, 6.45) is 15.6. The Hall–Kier alpha value is -6.25. The first-order valence-corrected chi connectivity index (χ1v) is 16.1. The Kier molecular flexibility index (Phi) is 7.62. The maximum Gasteiger partial charge on any atom is 0.274 e. The molecule has 1 aromatic carbocycles. The molecule has 0 saturated heterocycles. The van der Waals surface area contributed by atoms with Gasteiger partial charge in [-0.3, -0.25) is 19.6 Å². The predicted molar refractivity (Wildman–Crippen MR) is 177 cm³/mol. The van der Waals surface area contributed by atoms with Crippen molar-refractivity contribution in [1.82, 2.24) is 49.3 Å². The third-order valence-electron chi connectivity index (χ3n) is 8.65. The molecule has 0 radical (unpaired) electrons. The largest absolute Gasteiger partial charge is 0.488 e. The number of fused-ring (bicyclic) bond motifs is 3. The van der Waals surface area contributed by atoms with E-state index < -0.39 is 5.91 Å². The van der Waals surface area contributed by atoms with Crippen LogP contribution in [0.3, 0.4) is 0 Å². The number of carbonyl (C=O) groups is 2. The van der Waals surface area contributed by atoms with Gasteiger partial charge in [0.15, 0.2) is 11.6 Å². The molecule has 0 bridgehead atoms. The van der Waals surface area contributed by atoms with E-state index in [0.717, 1.165) is 28.3 Å². The summed E-state index contributed by atoms with van der Waals surface area (Å²) in [4.78, 5) is 41.1. The number of ether oxygens (including phenoxy) is 1. The van der Waals surface area contributed by atoms with E-state index in [1.54, 1.807) is 47.9 Å². The molecule has 2 saturated carbocycles. The number of nitrogens with one attached hydrogen (secondary N) is 1. The van der Waals surface area contributed by atoms with Gasteiger partial charge >= 0.3 is 0 Å². The van der Waals surface area contributed by atoms with Crippen LogP contribution in [-0.4, -0.2) is 67.7 Å². The van der Waals surface area contributed by atoms with Gasteiger partial charge in [-0.2, -0.15) is 0 Å². The number of anilines is 1. The monoisotopic (exact) mass is 656 g/mol. The highest BCUT2D eigenvalue weighted by atomic mass is 16.5. The smallest absolute Gasteiger partial charge is 0.274 e. The van der Waals surface area contributed by atoms with E-state index >= 15 is 0 Å². The molecule has 5 aromatic heterocycles. The zero-order valence-corrected chi connectivity index (χ0v) is 26.5. The Labute approximate surface area is 280 Å². The molecule has 0 unspecified atom stereocenters. The van der Waals surface area contributed by atoms with Crippen molar-refractivity contribution in [3.8, 4) is 28.5 Å². The standard InChI is InChI=1S/C22H20N8O2.C12H12N4O/c1-13-11-32-20-16(21-26-27-28-30(13)21)3-2-4-17(20)25-22(31)18-9-15(7-8-23-18)29-10-19(24-12-29)14-5-6-14;13-12(17)10-5-9(3-4-14-10)16-6-11(15-7-16)8-1-2-8/h2-4,7-10,12-14H,5-6,11H2,1H3,(H,25,31);3-8H,1-2H2,(H2,13,17)/t13-;/m0./s1. The first-order valence-electron chi connectivity index (χ1n) is 16.1. The van der Waals surface area contributed by atoms with Crippen molar-refractivity contribution in [3.63, 3.8) is 0 Å². The number of benzene rings is 1. The van der Waals surface area contributed by atoms with E-state index in [1.165, 1.54) is 25.7 Å². The molecule has 2 fully saturated rings. The fourth-order valence-electron chi connectivity index (χ4n) is 5.65. The third kappa shape index (κ3) is 6.25. The molecule has 6 aromatic rings. The molecule has 2 amide bonds. The summed E-state index contributed by atoms with van der Waals surface area (Å²) in [6.45, 7) is 2.36. The van der Waals surface area contributed by atoms with Crippen LogP contribution in [0.5, 0.6) is 5.75 Å². The molecule has 0 spiro atoms. The Morgan fingerprint density at radius 3 is 2.12 bits per heavy atom. The first-order chi connectivity index (χ1) is 23.9. The van der Waals surface area contributed by atoms with Gasteiger partial charge in [0.1, 0.15) is 18.0 Å². The van der Waals surface area contributed by atoms with Crippen molar-refractivity contribution < 1.29 is 14.3 Å². The molecular weight excluding hydrogens is 624 g/mol. The summed E-state index contributed by atoms with van der Waals surface area (Å²) in [7, 11) is 0. The Bertz CT molecular complexity index is 2180. The minimum Gasteiger partial charge on any atom is -0.488 e. The summed E-state index contributed by atoms with van der Waals surface area (Å²) in [5, 5.41) is 14.9. The van der Waals surface area contributed by atoms with Crippen LogP contribution >= 0.6 is 0 Å². The molecule has 3 aliphatic rings. The molecule has 6 heterocycles. The molecule has 1 atom stereocenters. The summed E-state index contributed by atoms with van der Waals surface area (Å²) < 4.78 is 11.6. The minimum absolute atomic E-state index is 0.0370. The average Bonchev–Trinajstić information content (AvgIpc) is 4.00. The van der Waals surface area contributed by atoms with Crippen molar-refractivity contribution in [2.24, 2.45) is 5.73 Å². The summed E-state index contributed by atoms with van der Waals surface area (Å²) in [6, 6.07) is 12.6. The second-order valence-electron chi connectivity index (χ2n) is 12.4. The number of carbonyl (C=O) groups excluding carboxylic acids is 2. The number of para-hydroxylation sites is 1. The van der Waals surface area contributed by atoms with Crippen LogP contribution < -0.4 is 15.8 Å². The number of aromatic nitrogens is 10. The lowest BCUT2D eigenvalue weighted by molar-refractivity contribution is 0.0993. The van der Waals surface area contributed by atoms with Gasteiger partial charge in [-0.1, -0.05) is 6.07 Å². The average molecular weight is 657 g/mol. The Morgan fingerprint density at radius 1 is 0.857 bits per heavy atom. The van der Waals surface area contributed by atoms with Crippen molar-refractivity contribution in [2.75, 3.05) is 11.9 Å². The fraction of sp³-hybridized carbons (Fsp3) is 0.265. The van der Waals surface area contributed by atoms with E-state index in [0.29, 0.717) is 41.4 Å². The normalized spacial score (nSPS) is 16.3. The van der Waals surface area contributed by atoms with Crippen molar-refractivity contribution >= 4 is 17.5 Å². The van der Waals surface area contributed by atoms with Gasteiger partial charge in [-0.05, 0) is 79.4 Å². The molecule has 3 N–H and O–H groups in total. The van der Waals surface area contributed by atoms with Crippen LogP contribution in [0.25, 0.3) is 22.8 Å². The fourth-order valence-corrected chi connectivity index (χ4v) is 5.65. The van der Waals surface area contributed by atoms with Crippen molar-refractivity contribution in [3.05, 3.63) is 103 Å². The van der Waals surface area contributed by atoms with Gasteiger partial charge in [0.2, 0.25) is 0 Å². The second kappa shape index (κ2) is 12.4. The number of tetrazole rings is 1. The van der Waals surface area contributed by atoms with Crippen LogP contribution in [0, 0.1) is 0 Å². The zero-order valence-electron chi connectivity index (χ0n) is 26.5. The van der Waals surface area contributed by atoms with E-state index in [1.807, 2.05) is 52.7 Å². The number of pyridine rings is 2. The first kappa shape index (κ1) is 30.1. The highest BCUT2D eigenvalue weighted by Crippen LogP contribution is 2.40. The lowest BCUT2D eigenvalue weighted by atomic mass is 10.1. The number of rotatable bonds is 7. The van der Waals surface area contributed by atoms with Gasteiger partial charge in [-0.25, -0.2) is 14.6 Å². The second-order valence-corrected chi connectivity index (χ2v) is 12.4.